The molecule has 10 heteroatoms. The molecule has 0 aliphatic carbocycles. The van der Waals surface area contributed by atoms with Gasteiger partial charge in [0.1, 0.15) is 15.4 Å². The summed E-state index contributed by atoms with van der Waals surface area (Å²) in [5.41, 5.74) is 2.00. The Balaban J connectivity index is 1.68. The Morgan fingerprint density at radius 1 is 0.974 bits per heavy atom. The number of hydrogen-bond acceptors (Lipinski definition) is 5. The van der Waals surface area contributed by atoms with Crippen LogP contribution in [0.2, 0.25) is 0 Å². The number of aliphatic carboxylic acids is 1. The zero-order chi connectivity index (χ0) is 27.7. The van der Waals surface area contributed by atoms with Crippen LogP contribution >= 0.6 is 23.1 Å². The van der Waals surface area contributed by atoms with Crippen molar-refractivity contribution in [3.8, 4) is 21.0 Å². The van der Waals surface area contributed by atoms with E-state index in [1.165, 1.54) is 35.2 Å². The number of thioether (sulfide) groups is 1. The zero-order valence-corrected chi connectivity index (χ0v) is 22.2. The summed E-state index contributed by atoms with van der Waals surface area (Å²) in [6.07, 6.45) is -4.47. The predicted octanol–water partition coefficient (Wildman–Crippen LogP) is 8.01. The molecule has 1 heterocycles. The molecule has 4 rings (SSSR count). The molecular weight excluding hydrogens is 533 g/mol. The first kappa shape index (κ1) is 27.4. The molecule has 0 unspecified atom stereocenters. The molecule has 3 aromatic carbocycles. The van der Waals surface area contributed by atoms with Crippen LogP contribution in [0.3, 0.4) is 0 Å². The number of amides is 1. The number of aryl methyl sites for hydroxylation is 1. The van der Waals surface area contributed by atoms with Crippen molar-refractivity contribution in [2.75, 3.05) is 5.32 Å². The predicted molar refractivity (Wildman–Crippen MR) is 145 cm³/mol. The highest BCUT2D eigenvalue weighted by molar-refractivity contribution is 8.01. The lowest BCUT2D eigenvalue weighted by Gasteiger charge is -2.19. The fourth-order valence-electron chi connectivity index (χ4n) is 3.59. The number of carboxylic acid groups (broad SMARTS) is 1. The van der Waals surface area contributed by atoms with Crippen LogP contribution in [0.4, 0.5) is 18.9 Å². The molecule has 1 aromatic heterocycles. The fraction of sp³-hybridized carbons (Fsp3) is 0.179. The van der Waals surface area contributed by atoms with E-state index in [4.69, 9.17) is 0 Å². The smallest absolute Gasteiger partial charge is 0.416 e. The van der Waals surface area contributed by atoms with Gasteiger partial charge >= 0.3 is 12.1 Å². The second kappa shape index (κ2) is 10.6. The van der Waals surface area contributed by atoms with Crippen LogP contribution in [0.1, 0.15) is 35.5 Å². The van der Waals surface area contributed by atoms with Crippen molar-refractivity contribution >= 4 is 40.7 Å². The van der Waals surface area contributed by atoms with Gasteiger partial charge in [-0.3, -0.25) is 9.59 Å². The van der Waals surface area contributed by atoms with Crippen LogP contribution in [0, 0.1) is 6.92 Å². The Morgan fingerprint density at radius 2 is 1.63 bits per heavy atom. The first-order valence-electron chi connectivity index (χ1n) is 11.4. The summed E-state index contributed by atoms with van der Waals surface area (Å²) >= 11 is 2.56. The van der Waals surface area contributed by atoms with Crippen molar-refractivity contribution < 1.29 is 27.9 Å². The van der Waals surface area contributed by atoms with Gasteiger partial charge in [0.2, 0.25) is 0 Å². The van der Waals surface area contributed by atoms with Crippen LogP contribution in [-0.2, 0) is 11.0 Å². The van der Waals surface area contributed by atoms with Crippen molar-refractivity contribution in [2.45, 2.75) is 36.6 Å². The number of rotatable bonds is 7. The summed E-state index contributed by atoms with van der Waals surface area (Å²) in [4.78, 5) is 30.8. The summed E-state index contributed by atoms with van der Waals surface area (Å²) in [5, 5.41) is 12.7. The lowest BCUT2D eigenvalue weighted by molar-refractivity contribution is -0.139. The molecule has 0 fully saturated rings. The monoisotopic (exact) mass is 556 g/mol. The normalized spacial score (nSPS) is 11.8. The van der Waals surface area contributed by atoms with Gasteiger partial charge < -0.3 is 10.4 Å². The molecule has 5 nitrogen and oxygen atoms in total. The Morgan fingerprint density at radius 3 is 2.21 bits per heavy atom. The van der Waals surface area contributed by atoms with Crippen LogP contribution in [0.25, 0.3) is 21.0 Å². The van der Waals surface area contributed by atoms with Crippen LogP contribution in [0.15, 0.2) is 77.7 Å². The summed E-state index contributed by atoms with van der Waals surface area (Å²) in [7, 11) is 0. The van der Waals surface area contributed by atoms with Gasteiger partial charge in [-0.1, -0.05) is 36.4 Å². The van der Waals surface area contributed by atoms with E-state index in [2.05, 4.69) is 10.3 Å². The zero-order valence-electron chi connectivity index (χ0n) is 20.6. The number of carbonyl (C=O) groups is 2. The lowest BCUT2D eigenvalue weighted by Crippen LogP contribution is -2.26. The molecule has 0 radical (unpaired) electrons. The van der Waals surface area contributed by atoms with E-state index in [1.54, 1.807) is 13.8 Å². The number of carbonyl (C=O) groups excluding carboxylic acids is 1. The van der Waals surface area contributed by atoms with Crippen LogP contribution < -0.4 is 5.32 Å². The fourth-order valence-corrected chi connectivity index (χ4v) is 5.79. The average molecular weight is 557 g/mol. The second-order valence-corrected chi connectivity index (χ2v) is 11.7. The number of anilines is 1. The molecule has 0 saturated carbocycles. The van der Waals surface area contributed by atoms with Gasteiger partial charge in [0.05, 0.1) is 10.4 Å². The maximum absolute atomic E-state index is 13.2. The number of hydrogen-bond donors (Lipinski definition) is 2. The average Bonchev–Trinajstić information content (AvgIpc) is 3.29. The molecule has 1 amide bonds. The standard InChI is InChI=1S/C28H23F3N2O3S2/c1-16-15-20(38-27(2,3)26(35)36)13-14-21(16)25-33-22(23(37-25)17-7-5-4-6-8-17)24(34)32-19-11-9-18(10-12-19)28(29,30)31/h4-15H,1-3H3,(H,32,34)(H,35,36). The lowest BCUT2D eigenvalue weighted by atomic mass is 10.1. The van der Waals surface area contributed by atoms with Gasteiger partial charge in [-0.2, -0.15) is 13.2 Å². The summed E-state index contributed by atoms with van der Waals surface area (Å²) in [6, 6.07) is 19.0. The third-order valence-corrected chi connectivity index (χ3v) is 7.98. The first-order chi connectivity index (χ1) is 17.8. The Kier molecular flexibility index (Phi) is 7.66. The largest absolute Gasteiger partial charge is 0.480 e. The number of aromatic nitrogens is 1. The molecule has 0 atom stereocenters. The SMILES string of the molecule is Cc1cc(SC(C)(C)C(=O)O)ccc1-c1nc(C(=O)Nc2ccc(C(F)(F)F)cc2)c(-c2ccccc2)s1. The first-order valence-corrected chi connectivity index (χ1v) is 13.1. The summed E-state index contributed by atoms with van der Waals surface area (Å²) in [5.74, 6) is -1.46. The number of carboxylic acids is 1. The van der Waals surface area contributed by atoms with Crippen molar-refractivity contribution in [1.29, 1.82) is 0 Å². The molecule has 0 spiro atoms. The van der Waals surface area contributed by atoms with E-state index in [0.29, 0.717) is 9.88 Å². The molecular formula is C28H23F3N2O3S2. The molecule has 0 aliphatic rings. The molecule has 196 valence electrons. The minimum atomic E-state index is -4.47. The topological polar surface area (TPSA) is 79.3 Å². The van der Waals surface area contributed by atoms with E-state index < -0.39 is 28.4 Å². The maximum atomic E-state index is 13.2. The third kappa shape index (κ3) is 6.08. The van der Waals surface area contributed by atoms with Crippen molar-refractivity contribution in [3.63, 3.8) is 0 Å². The highest BCUT2D eigenvalue weighted by Crippen LogP contribution is 2.40. The Labute approximate surface area is 225 Å². The van der Waals surface area contributed by atoms with Crippen molar-refractivity contribution in [2.24, 2.45) is 0 Å². The van der Waals surface area contributed by atoms with E-state index in [1.807, 2.05) is 55.5 Å². The van der Waals surface area contributed by atoms with Gasteiger partial charge in [0.25, 0.3) is 5.91 Å². The van der Waals surface area contributed by atoms with Gasteiger partial charge in [0.15, 0.2) is 0 Å². The van der Waals surface area contributed by atoms with Gasteiger partial charge in [-0.05, 0) is 68.3 Å². The molecule has 38 heavy (non-hydrogen) atoms. The molecule has 0 aliphatic heterocycles. The molecule has 4 aromatic rings. The Hall–Kier alpha value is -3.63. The van der Waals surface area contributed by atoms with E-state index in [0.717, 1.165) is 33.7 Å². The third-order valence-electron chi connectivity index (χ3n) is 5.66. The second-order valence-electron chi connectivity index (χ2n) is 8.99. The maximum Gasteiger partial charge on any atom is 0.416 e. The van der Waals surface area contributed by atoms with E-state index in [9.17, 15) is 27.9 Å². The molecule has 2 N–H and O–H groups in total. The van der Waals surface area contributed by atoms with Crippen molar-refractivity contribution in [1.82, 2.24) is 4.98 Å². The van der Waals surface area contributed by atoms with Crippen LogP contribution in [-0.4, -0.2) is 26.7 Å². The van der Waals surface area contributed by atoms with Gasteiger partial charge in [-0.15, -0.1) is 23.1 Å². The number of halogens is 3. The Bertz CT molecular complexity index is 1480. The minimum absolute atomic E-state index is 0.154. The summed E-state index contributed by atoms with van der Waals surface area (Å²) in [6.45, 7) is 5.16. The number of alkyl halides is 3. The van der Waals surface area contributed by atoms with E-state index in [-0.39, 0.29) is 11.4 Å². The van der Waals surface area contributed by atoms with Crippen LogP contribution in [0.5, 0.6) is 0 Å². The highest BCUT2D eigenvalue weighted by atomic mass is 32.2. The number of nitrogens with zero attached hydrogens (tertiary/aromatic N) is 1. The quantitative estimate of drug-likeness (QED) is 0.225. The van der Waals surface area contributed by atoms with Crippen molar-refractivity contribution in [3.05, 3.63) is 89.6 Å². The van der Waals surface area contributed by atoms with Gasteiger partial charge in [0, 0.05) is 16.1 Å². The number of nitrogens with one attached hydrogen (secondary N) is 1. The molecule has 0 bridgehead atoms. The minimum Gasteiger partial charge on any atom is -0.480 e. The molecule has 0 saturated heterocycles. The number of benzene rings is 3. The summed E-state index contributed by atoms with van der Waals surface area (Å²) < 4.78 is 37.7. The van der Waals surface area contributed by atoms with Gasteiger partial charge in [-0.25, -0.2) is 4.98 Å². The highest BCUT2D eigenvalue weighted by Gasteiger charge is 2.30. The van der Waals surface area contributed by atoms with E-state index >= 15 is 0 Å². The number of thiazole rings is 1.